The maximum absolute atomic E-state index is 14.2. The van der Waals surface area contributed by atoms with Crippen LogP contribution in [-0.2, 0) is 22.6 Å². The third-order valence-electron chi connectivity index (χ3n) is 5.95. The number of carbonyl (C=O) groups is 2. The molecular weight excluding hydrogens is 468 g/mol. The molecule has 2 heterocycles. The van der Waals surface area contributed by atoms with Crippen molar-refractivity contribution in [2.45, 2.75) is 39.0 Å². The molecule has 3 aromatic rings. The molecule has 190 valence electrons. The lowest BCUT2D eigenvalue weighted by Gasteiger charge is -2.29. The number of carbonyl (C=O) groups excluding carboxylic acids is 2. The molecule has 1 aromatic heterocycles. The fourth-order valence-corrected chi connectivity index (χ4v) is 4.10. The standard InChI is InChI=1S/C27H29F2N3O4/c1-19-9-11-23(36-19)17-31(15-20-6-3-2-4-7-20)26(33)18-32(16-22-8-5-13-35-22)27(34)30-25-12-10-21(28)14-24(25)29/h2-4,6-7,9-12,14,22H,5,8,13,15-18H2,1H3,(H,30,34). The number of anilines is 1. The first-order chi connectivity index (χ1) is 17.4. The van der Waals surface area contributed by atoms with Crippen LogP contribution in [0.2, 0.25) is 0 Å². The van der Waals surface area contributed by atoms with Crippen LogP contribution >= 0.6 is 0 Å². The van der Waals surface area contributed by atoms with E-state index in [9.17, 15) is 18.4 Å². The summed E-state index contributed by atoms with van der Waals surface area (Å²) < 4.78 is 38.8. The minimum atomic E-state index is -0.898. The van der Waals surface area contributed by atoms with Crippen LogP contribution in [0.25, 0.3) is 0 Å². The maximum atomic E-state index is 14.2. The van der Waals surface area contributed by atoms with Crippen LogP contribution in [0, 0.1) is 18.6 Å². The molecule has 1 saturated heterocycles. The predicted octanol–water partition coefficient (Wildman–Crippen LogP) is 5.11. The van der Waals surface area contributed by atoms with Crippen molar-refractivity contribution in [3.05, 3.63) is 89.4 Å². The molecule has 0 radical (unpaired) electrons. The largest absolute Gasteiger partial charge is 0.464 e. The molecule has 9 heteroatoms. The number of furan rings is 1. The normalized spacial score (nSPS) is 15.0. The van der Waals surface area contributed by atoms with E-state index in [4.69, 9.17) is 9.15 Å². The molecule has 1 N–H and O–H groups in total. The summed E-state index contributed by atoms with van der Waals surface area (Å²) in [5.41, 5.74) is 0.760. The summed E-state index contributed by atoms with van der Waals surface area (Å²) in [6, 6.07) is 15.4. The van der Waals surface area contributed by atoms with Gasteiger partial charge in [0.2, 0.25) is 5.91 Å². The van der Waals surface area contributed by atoms with Crippen molar-refractivity contribution in [3.63, 3.8) is 0 Å². The Balaban J connectivity index is 1.52. The highest BCUT2D eigenvalue weighted by molar-refractivity contribution is 5.92. The average Bonchev–Trinajstić information content (AvgIpc) is 3.52. The second kappa shape index (κ2) is 11.8. The molecule has 1 atom stereocenters. The first-order valence-electron chi connectivity index (χ1n) is 11.9. The smallest absolute Gasteiger partial charge is 0.322 e. The zero-order chi connectivity index (χ0) is 25.5. The van der Waals surface area contributed by atoms with Gasteiger partial charge in [-0.1, -0.05) is 30.3 Å². The molecule has 0 spiro atoms. The van der Waals surface area contributed by atoms with Crippen molar-refractivity contribution in [2.24, 2.45) is 0 Å². The second-order valence-corrected chi connectivity index (χ2v) is 8.82. The van der Waals surface area contributed by atoms with Crippen LogP contribution in [0.5, 0.6) is 0 Å². The summed E-state index contributed by atoms with van der Waals surface area (Å²) in [5, 5.41) is 2.46. The van der Waals surface area contributed by atoms with Crippen LogP contribution in [0.15, 0.2) is 65.1 Å². The lowest BCUT2D eigenvalue weighted by Crippen LogP contribution is -2.47. The summed E-state index contributed by atoms with van der Waals surface area (Å²) in [4.78, 5) is 29.6. The van der Waals surface area contributed by atoms with E-state index in [0.29, 0.717) is 25.0 Å². The number of nitrogens with zero attached hydrogens (tertiary/aromatic N) is 2. The number of urea groups is 1. The van der Waals surface area contributed by atoms with Crippen LogP contribution in [-0.4, -0.2) is 47.5 Å². The Kier molecular flexibility index (Phi) is 8.32. The van der Waals surface area contributed by atoms with Gasteiger partial charge in [-0.2, -0.15) is 0 Å². The van der Waals surface area contributed by atoms with Crippen LogP contribution < -0.4 is 5.32 Å². The van der Waals surface area contributed by atoms with Crippen molar-refractivity contribution < 1.29 is 27.5 Å². The molecule has 1 aliphatic heterocycles. The number of halogens is 2. The van der Waals surface area contributed by atoms with Gasteiger partial charge >= 0.3 is 6.03 Å². The molecule has 36 heavy (non-hydrogen) atoms. The fourth-order valence-electron chi connectivity index (χ4n) is 4.10. The van der Waals surface area contributed by atoms with Crippen molar-refractivity contribution in [1.29, 1.82) is 0 Å². The monoisotopic (exact) mass is 497 g/mol. The number of nitrogens with one attached hydrogen (secondary N) is 1. The molecule has 1 fully saturated rings. The van der Waals surface area contributed by atoms with Crippen molar-refractivity contribution in [2.75, 3.05) is 25.0 Å². The summed E-state index contributed by atoms with van der Waals surface area (Å²) in [5.74, 6) is -0.592. The van der Waals surface area contributed by atoms with Gasteiger partial charge in [0.15, 0.2) is 0 Å². The SMILES string of the molecule is Cc1ccc(CN(Cc2ccccc2)C(=O)CN(CC2CCCO2)C(=O)Nc2ccc(F)cc2F)o1. The molecule has 1 unspecified atom stereocenters. The Bertz CT molecular complexity index is 1180. The number of aryl methyl sites for hydroxylation is 1. The highest BCUT2D eigenvalue weighted by Crippen LogP contribution is 2.19. The van der Waals surface area contributed by atoms with Gasteiger partial charge in [0.1, 0.15) is 29.7 Å². The number of rotatable bonds is 9. The van der Waals surface area contributed by atoms with E-state index in [0.717, 1.165) is 36.3 Å². The van der Waals surface area contributed by atoms with Gasteiger partial charge in [-0.05, 0) is 49.6 Å². The lowest BCUT2D eigenvalue weighted by molar-refractivity contribution is -0.133. The van der Waals surface area contributed by atoms with E-state index in [-0.39, 0.29) is 37.3 Å². The molecule has 0 bridgehead atoms. The van der Waals surface area contributed by atoms with Crippen molar-refractivity contribution in [1.82, 2.24) is 9.80 Å². The summed E-state index contributed by atoms with van der Waals surface area (Å²) in [6.45, 7) is 2.87. The Morgan fingerprint density at radius 2 is 1.83 bits per heavy atom. The lowest BCUT2D eigenvalue weighted by atomic mass is 10.2. The average molecular weight is 498 g/mol. The van der Waals surface area contributed by atoms with Gasteiger partial charge in [-0.3, -0.25) is 4.79 Å². The Hall–Kier alpha value is -3.72. The summed E-state index contributed by atoms with van der Waals surface area (Å²) >= 11 is 0. The highest BCUT2D eigenvalue weighted by Gasteiger charge is 2.27. The van der Waals surface area contributed by atoms with Gasteiger partial charge in [0, 0.05) is 25.8 Å². The molecule has 7 nitrogen and oxygen atoms in total. The van der Waals surface area contributed by atoms with E-state index >= 15 is 0 Å². The Morgan fingerprint density at radius 1 is 1.03 bits per heavy atom. The van der Waals surface area contributed by atoms with E-state index in [1.807, 2.05) is 49.4 Å². The molecule has 2 aromatic carbocycles. The number of hydrogen-bond donors (Lipinski definition) is 1. The number of amides is 3. The molecule has 3 amide bonds. The molecule has 0 aliphatic carbocycles. The second-order valence-electron chi connectivity index (χ2n) is 8.82. The van der Waals surface area contributed by atoms with Crippen LogP contribution in [0.4, 0.5) is 19.3 Å². The third kappa shape index (κ3) is 6.91. The van der Waals surface area contributed by atoms with Gasteiger partial charge in [-0.15, -0.1) is 0 Å². The third-order valence-corrected chi connectivity index (χ3v) is 5.95. The Labute approximate surface area is 208 Å². The van der Waals surface area contributed by atoms with Crippen LogP contribution in [0.1, 0.15) is 29.9 Å². The predicted molar refractivity (Wildman–Crippen MR) is 130 cm³/mol. The van der Waals surface area contributed by atoms with Gasteiger partial charge < -0.3 is 24.3 Å². The number of ether oxygens (including phenoxy) is 1. The first kappa shape index (κ1) is 25.4. The van der Waals surface area contributed by atoms with Gasteiger partial charge in [0.05, 0.1) is 18.3 Å². The van der Waals surface area contributed by atoms with E-state index in [2.05, 4.69) is 5.32 Å². The van der Waals surface area contributed by atoms with E-state index in [1.165, 1.54) is 4.90 Å². The molecular formula is C27H29F2N3O4. The quantitative estimate of drug-likeness (QED) is 0.446. The van der Waals surface area contributed by atoms with Gasteiger partial charge in [0.25, 0.3) is 0 Å². The van der Waals surface area contributed by atoms with E-state index in [1.54, 1.807) is 4.90 Å². The number of benzene rings is 2. The summed E-state index contributed by atoms with van der Waals surface area (Å²) in [7, 11) is 0. The Morgan fingerprint density at radius 3 is 2.50 bits per heavy atom. The highest BCUT2D eigenvalue weighted by atomic mass is 19.1. The van der Waals surface area contributed by atoms with Gasteiger partial charge in [-0.25, -0.2) is 13.6 Å². The van der Waals surface area contributed by atoms with E-state index < -0.39 is 17.7 Å². The van der Waals surface area contributed by atoms with Crippen molar-refractivity contribution in [3.8, 4) is 0 Å². The maximum Gasteiger partial charge on any atom is 0.322 e. The first-order valence-corrected chi connectivity index (χ1v) is 11.9. The van der Waals surface area contributed by atoms with Crippen molar-refractivity contribution >= 4 is 17.6 Å². The zero-order valence-electron chi connectivity index (χ0n) is 20.1. The molecule has 1 aliphatic rings. The van der Waals surface area contributed by atoms with Crippen LogP contribution in [0.3, 0.4) is 0 Å². The zero-order valence-corrected chi connectivity index (χ0v) is 20.1. The summed E-state index contributed by atoms with van der Waals surface area (Å²) in [6.07, 6.45) is 1.39. The minimum Gasteiger partial charge on any atom is -0.464 e. The molecule has 0 saturated carbocycles. The fraction of sp³-hybridized carbons (Fsp3) is 0.333. The topological polar surface area (TPSA) is 75.0 Å². The minimum absolute atomic E-state index is 0.166. The molecule has 4 rings (SSSR count). The number of hydrogen-bond acceptors (Lipinski definition) is 4.